The molecule has 0 aliphatic heterocycles. The van der Waals surface area contributed by atoms with Crippen LogP contribution in [0.2, 0.25) is 0 Å². The topological polar surface area (TPSA) is 79.0 Å². The quantitative estimate of drug-likeness (QED) is 0.810. The van der Waals surface area contributed by atoms with E-state index in [4.69, 9.17) is 4.74 Å². The fourth-order valence-corrected chi connectivity index (χ4v) is 3.03. The molecule has 2 unspecified atom stereocenters. The molecule has 6 heteroatoms. The molecule has 0 spiro atoms. The molecule has 2 aromatic rings. The molecule has 3 N–H and O–H groups in total. The molecular weight excluding hydrogens is 292 g/mol. The van der Waals surface area contributed by atoms with Crippen LogP contribution in [0.5, 0.6) is 0 Å². The molecule has 0 saturated heterocycles. The van der Waals surface area contributed by atoms with Gasteiger partial charge in [0.2, 0.25) is 0 Å². The van der Waals surface area contributed by atoms with Gasteiger partial charge in [-0.25, -0.2) is 4.79 Å². The van der Waals surface area contributed by atoms with Gasteiger partial charge in [-0.2, -0.15) is 5.10 Å². The van der Waals surface area contributed by atoms with Crippen LogP contribution >= 0.6 is 0 Å². The lowest BCUT2D eigenvalue weighted by molar-refractivity contribution is 0.0505. The van der Waals surface area contributed by atoms with Crippen molar-refractivity contribution in [2.24, 2.45) is 0 Å². The smallest absolute Gasteiger partial charge is 0.407 e. The van der Waals surface area contributed by atoms with Gasteiger partial charge in [0.05, 0.1) is 11.7 Å². The van der Waals surface area contributed by atoms with Gasteiger partial charge in [-0.1, -0.05) is 6.07 Å². The van der Waals surface area contributed by atoms with Crippen molar-refractivity contribution in [1.82, 2.24) is 15.5 Å². The first kappa shape index (κ1) is 15.6. The van der Waals surface area contributed by atoms with E-state index in [0.717, 1.165) is 35.9 Å². The van der Waals surface area contributed by atoms with Crippen molar-refractivity contribution in [2.45, 2.75) is 57.7 Å². The van der Waals surface area contributed by atoms with Gasteiger partial charge in [-0.15, -0.1) is 0 Å². The second-order valence-corrected chi connectivity index (χ2v) is 7.13. The van der Waals surface area contributed by atoms with Gasteiger partial charge in [-0.3, -0.25) is 5.10 Å². The number of hydrogen-bond acceptors (Lipinski definition) is 4. The number of nitrogens with one attached hydrogen (secondary N) is 3. The number of nitrogens with zero attached hydrogens (tertiary/aromatic N) is 1. The number of benzene rings is 1. The van der Waals surface area contributed by atoms with E-state index in [0.29, 0.717) is 6.04 Å². The lowest BCUT2D eigenvalue weighted by atomic mass is 10.1. The molecule has 1 saturated carbocycles. The van der Waals surface area contributed by atoms with Crippen molar-refractivity contribution in [3.8, 4) is 0 Å². The molecule has 6 nitrogen and oxygen atoms in total. The second kappa shape index (κ2) is 6.10. The van der Waals surface area contributed by atoms with Crippen molar-refractivity contribution in [3.05, 3.63) is 24.4 Å². The van der Waals surface area contributed by atoms with E-state index in [9.17, 15) is 4.79 Å². The van der Waals surface area contributed by atoms with Crippen LogP contribution in [-0.4, -0.2) is 34.0 Å². The Morgan fingerprint density at radius 3 is 2.87 bits per heavy atom. The van der Waals surface area contributed by atoms with Gasteiger partial charge in [0.15, 0.2) is 0 Å². The van der Waals surface area contributed by atoms with E-state index in [2.05, 4.69) is 26.9 Å². The van der Waals surface area contributed by atoms with Gasteiger partial charge in [-0.05, 0) is 52.2 Å². The number of hydrogen-bond donors (Lipinski definition) is 3. The first-order chi connectivity index (χ1) is 10.9. The Hall–Kier alpha value is -2.24. The molecule has 124 valence electrons. The number of aromatic nitrogens is 2. The third-order valence-electron chi connectivity index (χ3n) is 4.00. The number of ether oxygens (including phenoxy) is 1. The Morgan fingerprint density at radius 2 is 2.09 bits per heavy atom. The van der Waals surface area contributed by atoms with E-state index in [1.165, 1.54) is 0 Å². The predicted octanol–water partition coefficient (Wildman–Crippen LogP) is 3.42. The summed E-state index contributed by atoms with van der Waals surface area (Å²) in [5.74, 6) is 0. The standard InChI is InChI=1S/C17H24N4O2/c1-17(2,3)23-16(22)20-12-8-7-11(9-12)19-14-5-4-6-15-13(14)10-18-21-15/h4-6,10-12,19H,7-9H2,1-3H3,(H,18,21)(H,20,22). The van der Waals surface area contributed by atoms with Gasteiger partial charge in [0, 0.05) is 23.2 Å². The summed E-state index contributed by atoms with van der Waals surface area (Å²) in [6.07, 6.45) is 4.38. The minimum absolute atomic E-state index is 0.158. The molecule has 2 atom stereocenters. The SMILES string of the molecule is CC(C)(C)OC(=O)NC1CCC(Nc2cccc3[nH]ncc23)C1. The number of carbonyl (C=O) groups is 1. The summed E-state index contributed by atoms with van der Waals surface area (Å²) in [6, 6.07) is 6.58. The molecule has 1 aromatic carbocycles. The maximum absolute atomic E-state index is 11.9. The Morgan fingerprint density at radius 1 is 1.30 bits per heavy atom. The first-order valence-electron chi connectivity index (χ1n) is 8.09. The Bertz CT molecular complexity index is 689. The fourth-order valence-electron chi connectivity index (χ4n) is 3.03. The van der Waals surface area contributed by atoms with Crippen molar-refractivity contribution in [2.75, 3.05) is 5.32 Å². The number of aromatic amines is 1. The number of anilines is 1. The molecule has 1 aliphatic carbocycles. The van der Waals surface area contributed by atoms with Gasteiger partial charge < -0.3 is 15.4 Å². The molecule has 1 amide bonds. The molecule has 0 radical (unpaired) electrons. The molecule has 0 bridgehead atoms. The normalized spacial score (nSPS) is 21.3. The highest BCUT2D eigenvalue weighted by molar-refractivity contribution is 5.90. The number of rotatable bonds is 3. The maximum atomic E-state index is 11.9. The molecule has 23 heavy (non-hydrogen) atoms. The van der Waals surface area contributed by atoms with E-state index >= 15 is 0 Å². The van der Waals surface area contributed by atoms with E-state index in [1.807, 2.05) is 39.1 Å². The Labute approximate surface area is 136 Å². The number of fused-ring (bicyclic) bond motifs is 1. The van der Waals surface area contributed by atoms with Gasteiger partial charge >= 0.3 is 6.09 Å². The van der Waals surface area contributed by atoms with Crippen molar-refractivity contribution < 1.29 is 9.53 Å². The number of alkyl carbamates (subject to hydrolysis) is 1. The van der Waals surface area contributed by atoms with Crippen LogP contribution in [0.25, 0.3) is 10.9 Å². The minimum atomic E-state index is -0.461. The average Bonchev–Trinajstić information content (AvgIpc) is 3.06. The summed E-state index contributed by atoms with van der Waals surface area (Å²) in [5.41, 5.74) is 1.65. The largest absolute Gasteiger partial charge is 0.444 e. The van der Waals surface area contributed by atoms with Crippen LogP contribution < -0.4 is 10.6 Å². The van der Waals surface area contributed by atoms with Crippen molar-refractivity contribution in [3.63, 3.8) is 0 Å². The Kier molecular flexibility index (Phi) is 4.15. The lowest BCUT2D eigenvalue weighted by Gasteiger charge is -2.22. The summed E-state index contributed by atoms with van der Waals surface area (Å²) in [5, 5.41) is 14.7. The van der Waals surface area contributed by atoms with Crippen LogP contribution in [0.4, 0.5) is 10.5 Å². The van der Waals surface area contributed by atoms with Crippen LogP contribution in [0.3, 0.4) is 0 Å². The average molecular weight is 316 g/mol. The zero-order chi connectivity index (χ0) is 16.4. The molecule has 1 heterocycles. The Balaban J connectivity index is 1.56. The van der Waals surface area contributed by atoms with Gasteiger partial charge in [0.25, 0.3) is 0 Å². The van der Waals surface area contributed by atoms with Crippen molar-refractivity contribution >= 4 is 22.7 Å². The number of amides is 1. The molecule has 1 aromatic heterocycles. The number of carbonyl (C=O) groups excluding carboxylic acids is 1. The summed E-state index contributed by atoms with van der Waals surface area (Å²) in [6.45, 7) is 5.62. The van der Waals surface area contributed by atoms with Crippen molar-refractivity contribution in [1.29, 1.82) is 0 Å². The zero-order valence-corrected chi connectivity index (χ0v) is 13.8. The molecule has 3 rings (SSSR count). The third kappa shape index (κ3) is 3.94. The third-order valence-corrected chi connectivity index (χ3v) is 4.00. The maximum Gasteiger partial charge on any atom is 0.407 e. The lowest BCUT2D eigenvalue weighted by Crippen LogP contribution is -2.38. The second-order valence-electron chi connectivity index (χ2n) is 7.13. The number of H-pyrrole nitrogens is 1. The highest BCUT2D eigenvalue weighted by Crippen LogP contribution is 2.27. The summed E-state index contributed by atoms with van der Waals surface area (Å²) in [7, 11) is 0. The molecule has 1 aliphatic rings. The zero-order valence-electron chi connectivity index (χ0n) is 13.8. The van der Waals surface area contributed by atoms with Crippen LogP contribution in [0, 0.1) is 0 Å². The highest BCUT2D eigenvalue weighted by Gasteiger charge is 2.27. The monoisotopic (exact) mass is 316 g/mol. The van der Waals surface area contributed by atoms with Crippen LogP contribution in [-0.2, 0) is 4.74 Å². The van der Waals surface area contributed by atoms with Crippen LogP contribution in [0.15, 0.2) is 24.4 Å². The van der Waals surface area contributed by atoms with Crippen LogP contribution in [0.1, 0.15) is 40.0 Å². The first-order valence-corrected chi connectivity index (χ1v) is 8.09. The van der Waals surface area contributed by atoms with E-state index < -0.39 is 5.60 Å². The molecule has 1 fully saturated rings. The highest BCUT2D eigenvalue weighted by atomic mass is 16.6. The minimum Gasteiger partial charge on any atom is -0.444 e. The van der Waals surface area contributed by atoms with E-state index in [1.54, 1.807) is 0 Å². The fraction of sp³-hybridized carbons (Fsp3) is 0.529. The predicted molar refractivity (Wildman–Crippen MR) is 90.5 cm³/mol. The summed E-state index contributed by atoms with van der Waals surface area (Å²) < 4.78 is 5.32. The van der Waals surface area contributed by atoms with Gasteiger partial charge in [0.1, 0.15) is 5.60 Å². The van der Waals surface area contributed by atoms with E-state index in [-0.39, 0.29) is 12.1 Å². The summed E-state index contributed by atoms with van der Waals surface area (Å²) in [4.78, 5) is 11.9. The molecular formula is C17H24N4O2. The summed E-state index contributed by atoms with van der Waals surface area (Å²) >= 11 is 0.